The molecule has 0 aliphatic heterocycles. The Hall–Kier alpha value is -4.00. The predicted molar refractivity (Wildman–Crippen MR) is 108 cm³/mol. The van der Waals surface area contributed by atoms with E-state index in [2.05, 4.69) is 32.0 Å². The molecule has 136 valence electrons. The third kappa shape index (κ3) is 2.79. The fourth-order valence-electron chi connectivity index (χ4n) is 3.51. The van der Waals surface area contributed by atoms with Gasteiger partial charge in [0, 0.05) is 33.1 Å². The lowest BCUT2D eigenvalue weighted by Crippen LogP contribution is -2.18. The van der Waals surface area contributed by atoms with Crippen LogP contribution in [0.3, 0.4) is 0 Å². The molecular formula is C21H16N6O. The van der Waals surface area contributed by atoms with Crippen LogP contribution >= 0.6 is 0 Å². The molecule has 0 aliphatic carbocycles. The van der Waals surface area contributed by atoms with Crippen molar-refractivity contribution >= 4 is 33.4 Å². The highest BCUT2D eigenvalue weighted by molar-refractivity contribution is 6.10. The number of carbonyl (C=O) groups excluding carboxylic acids is 1. The summed E-state index contributed by atoms with van der Waals surface area (Å²) in [6, 6.07) is 23.5. The predicted octanol–water partition coefficient (Wildman–Crippen LogP) is 3.61. The van der Waals surface area contributed by atoms with E-state index in [9.17, 15) is 4.79 Å². The molecule has 0 fully saturated rings. The molecule has 0 radical (unpaired) electrons. The number of carbonyl (C=O) groups is 1. The average molecular weight is 368 g/mol. The van der Waals surface area contributed by atoms with Crippen LogP contribution in [0.25, 0.3) is 33.2 Å². The minimum atomic E-state index is -0.0731. The molecule has 0 spiro atoms. The van der Waals surface area contributed by atoms with E-state index in [-0.39, 0.29) is 12.5 Å². The molecule has 0 atom stereocenters. The van der Waals surface area contributed by atoms with Gasteiger partial charge < -0.3 is 9.88 Å². The van der Waals surface area contributed by atoms with Gasteiger partial charge in [0.25, 0.3) is 0 Å². The second-order valence-corrected chi connectivity index (χ2v) is 6.48. The summed E-state index contributed by atoms with van der Waals surface area (Å²) >= 11 is 0. The summed E-state index contributed by atoms with van der Waals surface area (Å²) in [7, 11) is 0. The number of para-hydroxylation sites is 2. The van der Waals surface area contributed by atoms with E-state index in [0.29, 0.717) is 5.82 Å². The summed E-state index contributed by atoms with van der Waals surface area (Å²) in [5.41, 5.74) is 3.65. The molecule has 1 amide bonds. The number of amides is 1. The molecule has 0 unspecified atom stereocenters. The summed E-state index contributed by atoms with van der Waals surface area (Å²) in [5.74, 6) is 0.469. The Morgan fingerprint density at radius 3 is 2.54 bits per heavy atom. The van der Waals surface area contributed by atoms with Crippen LogP contribution < -0.4 is 5.32 Å². The van der Waals surface area contributed by atoms with Gasteiger partial charge in [-0.15, -0.1) is 10.2 Å². The molecular weight excluding hydrogens is 352 g/mol. The molecule has 5 rings (SSSR count). The fraction of sp³-hybridized carbons (Fsp3) is 0.0476. The van der Waals surface area contributed by atoms with E-state index in [1.54, 1.807) is 0 Å². The Balaban J connectivity index is 1.58. The van der Waals surface area contributed by atoms with Crippen molar-refractivity contribution in [3.05, 3.63) is 72.8 Å². The van der Waals surface area contributed by atoms with Gasteiger partial charge in [-0.1, -0.05) is 36.4 Å². The molecule has 2 aromatic heterocycles. The number of benzene rings is 3. The number of nitrogens with zero attached hydrogens (tertiary/aromatic N) is 4. The quantitative estimate of drug-likeness (QED) is 0.507. The third-order valence-corrected chi connectivity index (χ3v) is 4.74. The van der Waals surface area contributed by atoms with Crippen molar-refractivity contribution in [2.24, 2.45) is 0 Å². The molecule has 2 N–H and O–H groups in total. The van der Waals surface area contributed by atoms with Crippen LogP contribution in [-0.4, -0.2) is 31.1 Å². The van der Waals surface area contributed by atoms with Gasteiger partial charge in [-0.25, -0.2) is 0 Å². The van der Waals surface area contributed by atoms with Crippen LogP contribution in [0.15, 0.2) is 72.8 Å². The van der Waals surface area contributed by atoms with Gasteiger partial charge in [-0.05, 0) is 41.6 Å². The summed E-state index contributed by atoms with van der Waals surface area (Å²) in [6.45, 7) is 0.223. The Morgan fingerprint density at radius 1 is 0.929 bits per heavy atom. The van der Waals surface area contributed by atoms with Crippen LogP contribution in [0.2, 0.25) is 0 Å². The monoisotopic (exact) mass is 368 g/mol. The van der Waals surface area contributed by atoms with Crippen molar-refractivity contribution in [1.29, 1.82) is 0 Å². The van der Waals surface area contributed by atoms with E-state index in [1.807, 2.05) is 71.3 Å². The third-order valence-electron chi connectivity index (χ3n) is 4.74. The van der Waals surface area contributed by atoms with Crippen LogP contribution in [-0.2, 0) is 11.3 Å². The zero-order valence-corrected chi connectivity index (χ0v) is 14.8. The van der Waals surface area contributed by atoms with Gasteiger partial charge in [-0.3, -0.25) is 4.79 Å². The standard InChI is InChI=1S/C21H16N6O/c28-20(22-15-6-2-1-3-7-15)13-27-18-9-5-4-8-16(18)17-12-14(10-11-19(17)27)21-23-25-26-24-21/h1-12H,13H2,(H,22,28)(H,23,24,25,26). The van der Waals surface area contributed by atoms with Gasteiger partial charge in [-0.2, -0.15) is 5.21 Å². The first-order valence-electron chi connectivity index (χ1n) is 8.89. The van der Waals surface area contributed by atoms with Crippen molar-refractivity contribution in [1.82, 2.24) is 25.2 Å². The molecule has 28 heavy (non-hydrogen) atoms. The fourth-order valence-corrected chi connectivity index (χ4v) is 3.51. The number of anilines is 1. The molecule has 7 heteroatoms. The highest BCUT2D eigenvalue weighted by atomic mass is 16.1. The summed E-state index contributed by atoms with van der Waals surface area (Å²) in [5, 5.41) is 19.3. The largest absolute Gasteiger partial charge is 0.331 e. The second-order valence-electron chi connectivity index (χ2n) is 6.48. The Kier molecular flexibility index (Phi) is 3.83. The Morgan fingerprint density at radius 2 is 1.71 bits per heavy atom. The van der Waals surface area contributed by atoms with Gasteiger partial charge in [0.15, 0.2) is 0 Å². The van der Waals surface area contributed by atoms with Crippen LogP contribution in [0.1, 0.15) is 0 Å². The first-order valence-corrected chi connectivity index (χ1v) is 8.89. The first-order chi connectivity index (χ1) is 13.8. The van der Waals surface area contributed by atoms with Crippen LogP contribution in [0, 0.1) is 0 Å². The molecule has 0 saturated carbocycles. The van der Waals surface area contributed by atoms with Crippen molar-refractivity contribution < 1.29 is 4.79 Å². The van der Waals surface area contributed by atoms with E-state index in [0.717, 1.165) is 33.1 Å². The maximum absolute atomic E-state index is 12.7. The van der Waals surface area contributed by atoms with Crippen molar-refractivity contribution in [2.75, 3.05) is 5.32 Å². The number of hydrogen-bond acceptors (Lipinski definition) is 4. The lowest BCUT2D eigenvalue weighted by atomic mass is 10.1. The highest BCUT2D eigenvalue weighted by Gasteiger charge is 2.15. The SMILES string of the molecule is O=C(Cn1c2ccccc2c2cc(-c3nn[nH]n3)ccc21)Nc1ccccc1. The zero-order chi connectivity index (χ0) is 18.9. The number of rotatable bonds is 4. The van der Waals surface area contributed by atoms with Crippen molar-refractivity contribution in [3.63, 3.8) is 0 Å². The number of nitrogens with one attached hydrogen (secondary N) is 2. The normalized spacial score (nSPS) is 11.1. The molecule has 2 heterocycles. The number of H-pyrrole nitrogens is 1. The van der Waals surface area contributed by atoms with Gasteiger partial charge in [0.05, 0.1) is 0 Å². The molecule has 0 aliphatic rings. The summed E-state index contributed by atoms with van der Waals surface area (Å²) in [4.78, 5) is 12.7. The van der Waals surface area contributed by atoms with Crippen LogP contribution in [0.4, 0.5) is 5.69 Å². The summed E-state index contributed by atoms with van der Waals surface area (Å²) in [6.07, 6.45) is 0. The van der Waals surface area contributed by atoms with Gasteiger partial charge >= 0.3 is 0 Å². The lowest BCUT2D eigenvalue weighted by molar-refractivity contribution is -0.116. The average Bonchev–Trinajstić information content (AvgIpc) is 3.36. The van der Waals surface area contributed by atoms with E-state index in [4.69, 9.17) is 0 Å². The van der Waals surface area contributed by atoms with Crippen molar-refractivity contribution in [3.8, 4) is 11.4 Å². The highest BCUT2D eigenvalue weighted by Crippen LogP contribution is 2.31. The minimum Gasteiger partial charge on any atom is -0.331 e. The molecule has 5 aromatic rings. The lowest BCUT2D eigenvalue weighted by Gasteiger charge is -2.09. The van der Waals surface area contributed by atoms with E-state index >= 15 is 0 Å². The number of aromatic nitrogens is 5. The second kappa shape index (κ2) is 6.62. The smallest absolute Gasteiger partial charge is 0.244 e. The molecule has 3 aromatic carbocycles. The summed E-state index contributed by atoms with van der Waals surface area (Å²) < 4.78 is 2.03. The first kappa shape index (κ1) is 16.2. The zero-order valence-electron chi connectivity index (χ0n) is 14.8. The number of tetrazole rings is 1. The number of aromatic amines is 1. The molecule has 0 saturated heterocycles. The number of fused-ring (bicyclic) bond motifs is 3. The number of hydrogen-bond donors (Lipinski definition) is 2. The van der Waals surface area contributed by atoms with Crippen LogP contribution in [0.5, 0.6) is 0 Å². The van der Waals surface area contributed by atoms with Crippen molar-refractivity contribution in [2.45, 2.75) is 6.54 Å². The van der Waals surface area contributed by atoms with E-state index < -0.39 is 0 Å². The minimum absolute atomic E-state index is 0.0731. The van der Waals surface area contributed by atoms with Gasteiger partial charge in [0.2, 0.25) is 11.7 Å². The molecule has 7 nitrogen and oxygen atoms in total. The maximum atomic E-state index is 12.7. The topological polar surface area (TPSA) is 88.5 Å². The van der Waals surface area contributed by atoms with E-state index in [1.165, 1.54) is 0 Å². The Bertz CT molecular complexity index is 1270. The van der Waals surface area contributed by atoms with Gasteiger partial charge in [0.1, 0.15) is 6.54 Å². The Labute approximate surface area is 160 Å². The maximum Gasteiger partial charge on any atom is 0.244 e. The molecule has 0 bridgehead atoms.